The van der Waals surface area contributed by atoms with Crippen LogP contribution in [0, 0.1) is 0 Å². The Morgan fingerprint density at radius 1 is 1.20 bits per heavy atom. The van der Waals surface area contributed by atoms with Crippen LogP contribution in [-0.2, 0) is 18.3 Å². The lowest BCUT2D eigenvalue weighted by Crippen LogP contribution is -2.49. The van der Waals surface area contributed by atoms with E-state index in [0.29, 0.717) is 6.42 Å². The lowest BCUT2D eigenvalue weighted by atomic mass is 10.0. The molecule has 0 N–H and O–H groups in total. The molecule has 6 heteroatoms. The van der Waals surface area contributed by atoms with Crippen LogP contribution in [0.4, 0.5) is 0 Å². The van der Waals surface area contributed by atoms with Crippen LogP contribution >= 0.6 is 0 Å². The Morgan fingerprint density at radius 3 is 2.60 bits per heavy atom. The highest BCUT2D eigenvalue weighted by Crippen LogP contribution is 2.26. The van der Waals surface area contributed by atoms with Crippen LogP contribution in [0.25, 0.3) is 0 Å². The second-order valence-electron chi connectivity index (χ2n) is 6.56. The van der Waals surface area contributed by atoms with Crippen molar-refractivity contribution in [2.75, 3.05) is 33.8 Å². The first-order valence-electron chi connectivity index (χ1n) is 8.67. The SMILES string of the molecule is COc1ccc([C@@H]2CN(C(=O)CCc3ccnn3C)CCN2C)cc1. The molecule has 0 radical (unpaired) electrons. The topological polar surface area (TPSA) is 50.6 Å². The molecular weight excluding hydrogens is 316 g/mol. The molecule has 1 amide bonds. The number of ether oxygens (including phenoxy) is 1. The van der Waals surface area contributed by atoms with Gasteiger partial charge >= 0.3 is 0 Å². The normalized spacial score (nSPS) is 18.4. The van der Waals surface area contributed by atoms with E-state index in [2.05, 4.69) is 29.2 Å². The molecule has 0 unspecified atom stereocenters. The summed E-state index contributed by atoms with van der Waals surface area (Å²) in [6, 6.07) is 10.3. The summed E-state index contributed by atoms with van der Waals surface area (Å²) < 4.78 is 7.07. The molecule has 2 heterocycles. The Bertz CT molecular complexity index is 710. The maximum absolute atomic E-state index is 12.6. The number of aryl methyl sites for hydroxylation is 2. The fourth-order valence-electron chi connectivity index (χ4n) is 3.33. The quantitative estimate of drug-likeness (QED) is 0.832. The number of likely N-dealkylation sites (N-methyl/N-ethyl adjacent to an activating group) is 1. The van der Waals surface area contributed by atoms with Gasteiger partial charge in [-0.1, -0.05) is 12.1 Å². The average Bonchev–Trinajstić information content (AvgIpc) is 3.05. The monoisotopic (exact) mass is 342 g/mol. The fraction of sp³-hybridized carbons (Fsp3) is 0.474. The van der Waals surface area contributed by atoms with Crippen molar-refractivity contribution in [3.8, 4) is 5.75 Å². The molecule has 1 aliphatic rings. The summed E-state index contributed by atoms with van der Waals surface area (Å²) in [5.41, 5.74) is 2.31. The summed E-state index contributed by atoms with van der Waals surface area (Å²) in [5, 5.41) is 4.16. The maximum Gasteiger partial charge on any atom is 0.223 e. The average molecular weight is 342 g/mol. The van der Waals surface area contributed by atoms with Crippen molar-refractivity contribution >= 4 is 5.91 Å². The van der Waals surface area contributed by atoms with Gasteiger partial charge in [0.05, 0.1) is 13.2 Å². The van der Waals surface area contributed by atoms with Crippen molar-refractivity contribution in [3.05, 3.63) is 47.8 Å². The Labute approximate surface area is 149 Å². The predicted molar refractivity (Wildman–Crippen MR) is 96.5 cm³/mol. The highest BCUT2D eigenvalue weighted by atomic mass is 16.5. The minimum absolute atomic E-state index is 0.216. The third kappa shape index (κ3) is 4.02. The van der Waals surface area contributed by atoms with Crippen LogP contribution in [0.15, 0.2) is 36.5 Å². The highest BCUT2D eigenvalue weighted by molar-refractivity contribution is 5.76. The molecule has 2 aromatic rings. The van der Waals surface area contributed by atoms with Gasteiger partial charge in [0.25, 0.3) is 0 Å². The van der Waals surface area contributed by atoms with E-state index in [4.69, 9.17) is 4.74 Å². The van der Waals surface area contributed by atoms with E-state index in [0.717, 1.165) is 37.5 Å². The van der Waals surface area contributed by atoms with E-state index < -0.39 is 0 Å². The van der Waals surface area contributed by atoms with Gasteiger partial charge < -0.3 is 9.64 Å². The van der Waals surface area contributed by atoms with Crippen molar-refractivity contribution < 1.29 is 9.53 Å². The first kappa shape index (κ1) is 17.5. The largest absolute Gasteiger partial charge is 0.497 e. The lowest BCUT2D eigenvalue weighted by Gasteiger charge is -2.39. The molecule has 1 aliphatic heterocycles. The number of carbonyl (C=O) groups is 1. The standard InChI is InChI=1S/C19H26N4O2/c1-21-12-13-23(19(24)9-6-16-10-11-20-22(16)2)14-18(21)15-4-7-17(25-3)8-5-15/h4-5,7-8,10-11,18H,6,9,12-14H2,1-3H3/t18-/m0/s1. The molecule has 3 rings (SSSR count). The number of nitrogens with zero attached hydrogens (tertiary/aromatic N) is 4. The zero-order valence-corrected chi connectivity index (χ0v) is 15.2. The first-order valence-corrected chi connectivity index (χ1v) is 8.67. The minimum Gasteiger partial charge on any atom is -0.497 e. The third-order valence-electron chi connectivity index (χ3n) is 5.02. The number of hydrogen-bond acceptors (Lipinski definition) is 4. The van der Waals surface area contributed by atoms with Crippen molar-refractivity contribution in [3.63, 3.8) is 0 Å². The molecule has 134 valence electrons. The van der Waals surface area contributed by atoms with Gasteiger partial charge in [0.2, 0.25) is 5.91 Å². The lowest BCUT2D eigenvalue weighted by molar-refractivity contribution is -0.134. The molecule has 1 aromatic carbocycles. The van der Waals surface area contributed by atoms with E-state index in [1.807, 2.05) is 34.8 Å². The van der Waals surface area contributed by atoms with Gasteiger partial charge in [-0.3, -0.25) is 14.4 Å². The minimum atomic E-state index is 0.216. The van der Waals surface area contributed by atoms with E-state index in [1.165, 1.54) is 5.56 Å². The summed E-state index contributed by atoms with van der Waals surface area (Å²) in [7, 11) is 5.70. The molecular formula is C19H26N4O2. The van der Waals surface area contributed by atoms with Crippen LogP contribution in [0.2, 0.25) is 0 Å². The number of hydrogen-bond donors (Lipinski definition) is 0. The zero-order valence-electron chi connectivity index (χ0n) is 15.2. The van der Waals surface area contributed by atoms with Gasteiger partial charge in [-0.2, -0.15) is 5.10 Å². The van der Waals surface area contributed by atoms with E-state index in [9.17, 15) is 4.79 Å². The van der Waals surface area contributed by atoms with Gasteiger partial charge in [0, 0.05) is 45.0 Å². The van der Waals surface area contributed by atoms with Crippen molar-refractivity contribution in [2.45, 2.75) is 18.9 Å². The molecule has 1 saturated heterocycles. The fourth-order valence-corrected chi connectivity index (χ4v) is 3.33. The predicted octanol–water partition coefficient (Wildman–Crippen LogP) is 1.88. The Balaban J connectivity index is 1.62. The molecule has 0 saturated carbocycles. The van der Waals surface area contributed by atoms with Gasteiger partial charge in [-0.15, -0.1) is 0 Å². The summed E-state index contributed by atoms with van der Waals surface area (Å²) in [5.74, 6) is 1.07. The van der Waals surface area contributed by atoms with Crippen LogP contribution in [0.5, 0.6) is 5.75 Å². The maximum atomic E-state index is 12.6. The molecule has 0 spiro atoms. The van der Waals surface area contributed by atoms with E-state index in [1.54, 1.807) is 13.3 Å². The van der Waals surface area contributed by atoms with Crippen LogP contribution in [0.1, 0.15) is 23.7 Å². The Morgan fingerprint density at radius 2 is 1.96 bits per heavy atom. The molecule has 6 nitrogen and oxygen atoms in total. The number of benzene rings is 1. The molecule has 0 bridgehead atoms. The first-order chi connectivity index (χ1) is 12.1. The van der Waals surface area contributed by atoms with Gasteiger partial charge in [0.1, 0.15) is 5.75 Å². The van der Waals surface area contributed by atoms with Gasteiger partial charge in [0.15, 0.2) is 0 Å². The summed E-state index contributed by atoms with van der Waals surface area (Å²) in [6.45, 7) is 2.40. The van der Waals surface area contributed by atoms with Crippen LogP contribution < -0.4 is 4.74 Å². The second kappa shape index (κ2) is 7.70. The summed E-state index contributed by atoms with van der Waals surface area (Å²) in [6.07, 6.45) is 3.03. The van der Waals surface area contributed by atoms with Crippen molar-refractivity contribution in [1.29, 1.82) is 0 Å². The van der Waals surface area contributed by atoms with E-state index in [-0.39, 0.29) is 11.9 Å². The highest BCUT2D eigenvalue weighted by Gasteiger charge is 2.28. The summed E-state index contributed by atoms with van der Waals surface area (Å²) in [4.78, 5) is 16.9. The molecule has 25 heavy (non-hydrogen) atoms. The van der Waals surface area contributed by atoms with Crippen LogP contribution in [0.3, 0.4) is 0 Å². The number of rotatable bonds is 5. The Hall–Kier alpha value is -2.34. The van der Waals surface area contributed by atoms with E-state index >= 15 is 0 Å². The third-order valence-corrected chi connectivity index (χ3v) is 5.02. The number of piperazine rings is 1. The number of amides is 1. The van der Waals surface area contributed by atoms with Crippen molar-refractivity contribution in [1.82, 2.24) is 19.6 Å². The van der Waals surface area contributed by atoms with Gasteiger partial charge in [-0.05, 0) is 37.2 Å². The molecule has 1 aromatic heterocycles. The smallest absolute Gasteiger partial charge is 0.223 e. The molecule has 0 aliphatic carbocycles. The second-order valence-corrected chi connectivity index (χ2v) is 6.56. The number of methoxy groups -OCH3 is 1. The number of aromatic nitrogens is 2. The van der Waals surface area contributed by atoms with Crippen molar-refractivity contribution in [2.24, 2.45) is 7.05 Å². The number of carbonyl (C=O) groups excluding carboxylic acids is 1. The molecule has 1 atom stereocenters. The Kier molecular flexibility index (Phi) is 5.38. The van der Waals surface area contributed by atoms with Crippen LogP contribution in [-0.4, -0.2) is 59.3 Å². The summed E-state index contributed by atoms with van der Waals surface area (Å²) >= 11 is 0. The van der Waals surface area contributed by atoms with Gasteiger partial charge in [-0.25, -0.2) is 0 Å². The molecule has 1 fully saturated rings. The zero-order chi connectivity index (χ0) is 17.8.